The van der Waals surface area contributed by atoms with Gasteiger partial charge in [-0.25, -0.2) is 0 Å². The van der Waals surface area contributed by atoms with Crippen LogP contribution in [0.1, 0.15) is 28.8 Å². The second-order valence-electron chi connectivity index (χ2n) is 7.31. The number of carbonyl (C=O) groups excluding carboxylic acids is 2. The van der Waals surface area contributed by atoms with E-state index in [1.807, 2.05) is 24.3 Å². The first kappa shape index (κ1) is 19.8. The number of carbonyl (C=O) groups is 2. The Hall–Kier alpha value is -2.93. The standard InChI is InChI=1S/C21H26N4O3/c1-23(2)20(27)15-25-14-17(7-10-19(25)26)21(28)22-18-8-5-16(6-9-18)13-24-11-3-4-12-24/h5-10,14H,3-4,11-13,15H2,1-2H3,(H,22,28). The van der Waals surface area contributed by atoms with Crippen LogP contribution in [0.5, 0.6) is 0 Å². The Labute approximate surface area is 164 Å². The number of likely N-dealkylation sites (tertiary alicyclic amines) is 1. The van der Waals surface area contributed by atoms with E-state index in [4.69, 9.17) is 0 Å². The van der Waals surface area contributed by atoms with Gasteiger partial charge in [0.2, 0.25) is 5.91 Å². The molecule has 2 heterocycles. The minimum Gasteiger partial charge on any atom is -0.347 e. The van der Waals surface area contributed by atoms with Crippen molar-refractivity contribution in [2.24, 2.45) is 0 Å². The number of anilines is 1. The number of nitrogens with zero attached hydrogens (tertiary/aromatic N) is 3. The van der Waals surface area contributed by atoms with Gasteiger partial charge in [0.1, 0.15) is 6.54 Å². The molecule has 0 aliphatic carbocycles. The average molecular weight is 382 g/mol. The lowest BCUT2D eigenvalue weighted by atomic mass is 10.2. The summed E-state index contributed by atoms with van der Waals surface area (Å²) in [5.41, 5.74) is 1.92. The summed E-state index contributed by atoms with van der Waals surface area (Å²) in [4.78, 5) is 40.2. The monoisotopic (exact) mass is 382 g/mol. The first-order valence-electron chi connectivity index (χ1n) is 9.45. The molecule has 1 N–H and O–H groups in total. The van der Waals surface area contributed by atoms with Crippen LogP contribution >= 0.6 is 0 Å². The van der Waals surface area contributed by atoms with Gasteiger partial charge in [-0.05, 0) is 49.7 Å². The number of benzene rings is 1. The normalized spacial score (nSPS) is 14.1. The summed E-state index contributed by atoms with van der Waals surface area (Å²) in [7, 11) is 3.24. The van der Waals surface area contributed by atoms with E-state index in [1.165, 1.54) is 46.2 Å². The van der Waals surface area contributed by atoms with Crippen LogP contribution in [0.4, 0.5) is 5.69 Å². The largest absolute Gasteiger partial charge is 0.347 e. The van der Waals surface area contributed by atoms with Gasteiger partial charge in [0.15, 0.2) is 0 Å². The molecule has 7 heteroatoms. The average Bonchev–Trinajstić information content (AvgIpc) is 3.18. The first-order chi connectivity index (χ1) is 13.4. The maximum Gasteiger partial charge on any atom is 0.257 e. The maximum absolute atomic E-state index is 12.5. The van der Waals surface area contributed by atoms with Gasteiger partial charge in [0.05, 0.1) is 5.56 Å². The summed E-state index contributed by atoms with van der Waals surface area (Å²) in [5, 5.41) is 2.84. The summed E-state index contributed by atoms with van der Waals surface area (Å²) in [6, 6.07) is 10.6. The molecule has 0 spiro atoms. The van der Waals surface area contributed by atoms with E-state index in [9.17, 15) is 14.4 Å². The van der Waals surface area contributed by atoms with Crippen LogP contribution in [0.25, 0.3) is 0 Å². The second kappa shape index (κ2) is 8.84. The molecular weight excluding hydrogens is 356 g/mol. The molecule has 3 rings (SSSR count). The molecule has 0 unspecified atom stereocenters. The number of pyridine rings is 1. The molecule has 1 aliphatic rings. The van der Waals surface area contributed by atoms with E-state index in [0.717, 1.165) is 19.6 Å². The zero-order valence-corrected chi connectivity index (χ0v) is 16.4. The quantitative estimate of drug-likeness (QED) is 0.827. The lowest BCUT2D eigenvalue weighted by Gasteiger charge is -2.15. The third-order valence-electron chi connectivity index (χ3n) is 4.87. The summed E-state index contributed by atoms with van der Waals surface area (Å²) in [6.45, 7) is 3.12. The smallest absolute Gasteiger partial charge is 0.257 e. The van der Waals surface area contributed by atoms with E-state index in [2.05, 4.69) is 10.2 Å². The molecule has 0 bridgehead atoms. The second-order valence-corrected chi connectivity index (χ2v) is 7.31. The molecule has 28 heavy (non-hydrogen) atoms. The van der Waals surface area contributed by atoms with E-state index in [-0.39, 0.29) is 23.9 Å². The molecule has 0 saturated carbocycles. The first-order valence-corrected chi connectivity index (χ1v) is 9.45. The van der Waals surface area contributed by atoms with Crippen LogP contribution in [0.3, 0.4) is 0 Å². The Morgan fingerprint density at radius 1 is 1.04 bits per heavy atom. The van der Waals surface area contributed by atoms with Crippen LogP contribution < -0.4 is 10.9 Å². The number of hydrogen-bond acceptors (Lipinski definition) is 4. The van der Waals surface area contributed by atoms with Crippen molar-refractivity contribution in [1.82, 2.24) is 14.4 Å². The van der Waals surface area contributed by atoms with E-state index in [0.29, 0.717) is 11.3 Å². The number of hydrogen-bond donors (Lipinski definition) is 1. The van der Waals surface area contributed by atoms with Gasteiger partial charge in [-0.3, -0.25) is 19.3 Å². The third kappa shape index (κ3) is 5.07. The highest BCUT2D eigenvalue weighted by atomic mass is 16.2. The molecule has 1 aromatic carbocycles. The highest BCUT2D eigenvalue weighted by molar-refractivity contribution is 6.04. The molecule has 0 radical (unpaired) electrons. The third-order valence-corrected chi connectivity index (χ3v) is 4.87. The van der Waals surface area contributed by atoms with Crippen molar-refractivity contribution in [1.29, 1.82) is 0 Å². The van der Waals surface area contributed by atoms with Gasteiger partial charge in [0.25, 0.3) is 11.5 Å². The number of aromatic nitrogens is 1. The molecule has 148 valence electrons. The van der Waals surface area contributed by atoms with Crippen LogP contribution in [0, 0.1) is 0 Å². The van der Waals surface area contributed by atoms with Gasteiger partial charge in [-0.2, -0.15) is 0 Å². The Balaban J connectivity index is 1.65. The van der Waals surface area contributed by atoms with E-state index in [1.54, 1.807) is 14.1 Å². The molecule has 0 atom stereocenters. The molecule has 2 aromatic rings. The summed E-state index contributed by atoms with van der Waals surface area (Å²) >= 11 is 0. The van der Waals surface area contributed by atoms with Crippen LogP contribution in [0.2, 0.25) is 0 Å². The number of likely N-dealkylation sites (N-methyl/N-ethyl adjacent to an activating group) is 1. The van der Waals surface area contributed by atoms with Gasteiger partial charge in [-0.15, -0.1) is 0 Å². The molecule has 1 fully saturated rings. The molecular formula is C21H26N4O3. The predicted octanol–water partition coefficient (Wildman–Crippen LogP) is 1.78. The Kier molecular flexibility index (Phi) is 6.26. The lowest BCUT2D eigenvalue weighted by molar-refractivity contribution is -0.129. The van der Waals surface area contributed by atoms with Gasteiger partial charge >= 0.3 is 0 Å². The van der Waals surface area contributed by atoms with Gasteiger partial charge in [-0.1, -0.05) is 12.1 Å². The SMILES string of the molecule is CN(C)C(=O)Cn1cc(C(=O)Nc2ccc(CN3CCCC3)cc2)ccc1=O. The Morgan fingerprint density at radius 3 is 2.36 bits per heavy atom. The van der Waals surface area contributed by atoms with Crippen molar-refractivity contribution in [2.75, 3.05) is 32.5 Å². The fourth-order valence-corrected chi connectivity index (χ4v) is 3.17. The van der Waals surface area contributed by atoms with Crippen molar-refractivity contribution in [3.05, 3.63) is 64.1 Å². The molecule has 2 amide bonds. The van der Waals surface area contributed by atoms with Crippen molar-refractivity contribution >= 4 is 17.5 Å². The highest BCUT2D eigenvalue weighted by Gasteiger charge is 2.13. The zero-order chi connectivity index (χ0) is 20.1. The van der Waals surface area contributed by atoms with Gasteiger partial charge in [0, 0.05) is 38.6 Å². The number of amides is 2. The molecule has 1 saturated heterocycles. The topological polar surface area (TPSA) is 74.7 Å². The van der Waals surface area contributed by atoms with Gasteiger partial charge < -0.3 is 14.8 Å². The Bertz CT molecular complexity index is 897. The Morgan fingerprint density at radius 2 is 1.71 bits per heavy atom. The van der Waals surface area contributed by atoms with Crippen molar-refractivity contribution < 1.29 is 9.59 Å². The van der Waals surface area contributed by atoms with Crippen LogP contribution in [-0.4, -0.2) is 53.4 Å². The zero-order valence-electron chi connectivity index (χ0n) is 16.4. The fourth-order valence-electron chi connectivity index (χ4n) is 3.17. The molecule has 7 nitrogen and oxygen atoms in total. The highest BCUT2D eigenvalue weighted by Crippen LogP contribution is 2.15. The summed E-state index contributed by atoms with van der Waals surface area (Å²) in [5.74, 6) is -0.536. The predicted molar refractivity (Wildman–Crippen MR) is 108 cm³/mol. The van der Waals surface area contributed by atoms with Crippen molar-refractivity contribution in [3.8, 4) is 0 Å². The van der Waals surface area contributed by atoms with Crippen molar-refractivity contribution in [2.45, 2.75) is 25.9 Å². The lowest BCUT2D eigenvalue weighted by Crippen LogP contribution is -2.31. The van der Waals surface area contributed by atoms with Crippen molar-refractivity contribution in [3.63, 3.8) is 0 Å². The molecule has 1 aliphatic heterocycles. The molecule has 1 aromatic heterocycles. The summed E-state index contributed by atoms with van der Waals surface area (Å²) in [6.07, 6.45) is 3.94. The van der Waals surface area contributed by atoms with Crippen LogP contribution in [0.15, 0.2) is 47.4 Å². The summed E-state index contributed by atoms with van der Waals surface area (Å²) < 4.78 is 1.25. The minimum atomic E-state index is -0.321. The fraction of sp³-hybridized carbons (Fsp3) is 0.381. The maximum atomic E-state index is 12.5. The van der Waals surface area contributed by atoms with Crippen LogP contribution in [-0.2, 0) is 17.9 Å². The van der Waals surface area contributed by atoms with E-state index < -0.39 is 0 Å². The number of nitrogens with one attached hydrogen (secondary N) is 1. The van der Waals surface area contributed by atoms with E-state index >= 15 is 0 Å². The number of rotatable bonds is 6. The minimum absolute atomic E-state index is 0.0991.